The number of benzene rings is 1. The summed E-state index contributed by atoms with van der Waals surface area (Å²) in [6.45, 7) is -2.91. The molecule has 0 amide bonds. The number of fused-ring (bicyclic) bond motifs is 1. The van der Waals surface area contributed by atoms with Crippen LogP contribution >= 0.6 is 0 Å². The SMILES string of the molecule is [2H]c1ccc2c(c1)O[C@@H](C1=NC([2H])([2H])C([2H])N1)CO2. The minimum atomic E-state index is -1.96. The fourth-order valence-electron chi connectivity index (χ4n) is 1.50. The molecule has 4 nitrogen and oxygen atoms in total. The molecule has 0 saturated heterocycles. The summed E-state index contributed by atoms with van der Waals surface area (Å²) >= 11 is 0. The van der Waals surface area contributed by atoms with Gasteiger partial charge in [-0.05, 0) is 12.1 Å². The monoisotopic (exact) mass is 208 g/mol. The molecule has 0 saturated carbocycles. The summed E-state index contributed by atoms with van der Waals surface area (Å²) in [6, 6.07) is 5.10. The first-order valence-electron chi connectivity index (χ1n) is 6.72. The highest BCUT2D eigenvalue weighted by molar-refractivity contribution is 5.88. The third-order valence-corrected chi connectivity index (χ3v) is 2.22. The predicted octanol–water partition coefficient (Wildman–Crippen LogP) is 0.828. The maximum absolute atomic E-state index is 7.54. The second kappa shape index (κ2) is 3.46. The number of hydrogen-bond donors (Lipinski definition) is 1. The van der Waals surface area contributed by atoms with Crippen molar-refractivity contribution < 1.29 is 15.0 Å². The van der Waals surface area contributed by atoms with Crippen LogP contribution in [0.15, 0.2) is 29.2 Å². The first-order chi connectivity index (χ1) is 8.95. The maximum Gasteiger partial charge on any atom is 0.189 e. The zero-order valence-electron chi connectivity index (χ0n) is 11.9. The number of nitrogens with one attached hydrogen (secondary N) is 1. The molecule has 2 atom stereocenters. The van der Waals surface area contributed by atoms with E-state index in [-0.39, 0.29) is 12.4 Å². The van der Waals surface area contributed by atoms with E-state index >= 15 is 0 Å². The average molecular weight is 208 g/mol. The molecule has 1 aromatic carbocycles. The van der Waals surface area contributed by atoms with Gasteiger partial charge in [-0.3, -0.25) is 4.99 Å². The molecule has 2 heterocycles. The highest BCUT2D eigenvalue weighted by atomic mass is 16.6. The Balaban J connectivity index is 1.83. The zero-order chi connectivity index (χ0) is 13.6. The van der Waals surface area contributed by atoms with E-state index in [9.17, 15) is 0 Å². The third kappa shape index (κ3) is 1.52. The van der Waals surface area contributed by atoms with Crippen LogP contribution in [0, 0.1) is 0 Å². The van der Waals surface area contributed by atoms with Crippen LogP contribution in [0.2, 0.25) is 0 Å². The molecule has 3 rings (SSSR count). The molecule has 0 aliphatic carbocycles. The fourth-order valence-corrected chi connectivity index (χ4v) is 1.50. The largest absolute Gasteiger partial charge is 0.485 e. The number of nitrogens with zero attached hydrogens (tertiary/aromatic N) is 1. The quantitative estimate of drug-likeness (QED) is 0.743. The smallest absolute Gasteiger partial charge is 0.189 e. The van der Waals surface area contributed by atoms with Crippen molar-refractivity contribution in [1.29, 1.82) is 0 Å². The van der Waals surface area contributed by atoms with Crippen LogP contribution in [0.1, 0.15) is 5.48 Å². The normalized spacial score (nSPS) is 35.3. The van der Waals surface area contributed by atoms with Crippen molar-refractivity contribution in [3.63, 3.8) is 0 Å². The van der Waals surface area contributed by atoms with Crippen LogP contribution < -0.4 is 14.8 Å². The summed E-state index contributed by atoms with van der Waals surface area (Å²) in [4.78, 5) is 3.82. The van der Waals surface area contributed by atoms with Gasteiger partial charge >= 0.3 is 0 Å². The molecule has 1 N–H and O–H groups in total. The van der Waals surface area contributed by atoms with Gasteiger partial charge in [-0.15, -0.1) is 0 Å². The molecule has 0 aromatic heterocycles. The summed E-state index contributed by atoms with van der Waals surface area (Å²) in [6.07, 6.45) is -0.584. The van der Waals surface area contributed by atoms with Gasteiger partial charge in [0.1, 0.15) is 12.4 Å². The van der Waals surface area contributed by atoms with Gasteiger partial charge in [0.05, 0.1) is 12.0 Å². The molecule has 2 aliphatic rings. The lowest BCUT2D eigenvalue weighted by atomic mass is 10.2. The fraction of sp³-hybridized carbons (Fsp3) is 0.364. The minimum Gasteiger partial charge on any atom is -0.485 e. The van der Waals surface area contributed by atoms with Crippen LogP contribution in [0.4, 0.5) is 0 Å². The topological polar surface area (TPSA) is 42.8 Å². The number of hydrogen-bond acceptors (Lipinski definition) is 4. The molecule has 4 heteroatoms. The molecular formula is C11H12N2O2. The first kappa shape index (κ1) is 5.39. The molecule has 1 unspecified atom stereocenters. The van der Waals surface area contributed by atoms with E-state index < -0.39 is 19.1 Å². The first-order valence-corrected chi connectivity index (χ1v) is 4.64. The Morgan fingerprint density at radius 3 is 3.40 bits per heavy atom. The number of para-hydroxylation sites is 2. The van der Waals surface area contributed by atoms with Gasteiger partial charge < -0.3 is 14.8 Å². The van der Waals surface area contributed by atoms with Gasteiger partial charge in [0.15, 0.2) is 17.6 Å². The molecule has 15 heavy (non-hydrogen) atoms. The lowest BCUT2D eigenvalue weighted by Gasteiger charge is -2.26. The third-order valence-electron chi connectivity index (χ3n) is 2.22. The molecule has 0 bridgehead atoms. The summed E-state index contributed by atoms with van der Waals surface area (Å²) in [5, 5.41) is 2.65. The van der Waals surface area contributed by atoms with Crippen molar-refractivity contribution in [1.82, 2.24) is 5.32 Å². The second-order valence-electron chi connectivity index (χ2n) is 3.21. The van der Waals surface area contributed by atoms with Crippen molar-refractivity contribution in [3.8, 4) is 11.5 Å². The highest BCUT2D eigenvalue weighted by Gasteiger charge is 2.26. The van der Waals surface area contributed by atoms with Crippen LogP contribution in [-0.2, 0) is 0 Å². The number of amidine groups is 1. The Bertz CT molecular complexity index is 549. The van der Waals surface area contributed by atoms with Gasteiger partial charge in [0.2, 0.25) is 0 Å². The zero-order valence-corrected chi connectivity index (χ0v) is 7.86. The van der Waals surface area contributed by atoms with Gasteiger partial charge in [0.25, 0.3) is 0 Å². The summed E-state index contributed by atoms with van der Waals surface area (Å²) in [5.74, 6) is 1.25. The van der Waals surface area contributed by atoms with E-state index in [1.807, 2.05) is 0 Å². The Labute approximate surface area is 93.5 Å². The standard InChI is InChI=1S/C11H12N2O2/c1-2-4-9-8(3-1)14-7-10(15-9)11-12-5-6-13-11/h1-4,10H,5-7H2,(H,12,13)/t10-/m1/s1/i2D,5D,6D2/t5?,10-. The van der Waals surface area contributed by atoms with Gasteiger partial charge in [0, 0.05) is 6.52 Å². The van der Waals surface area contributed by atoms with E-state index in [0.717, 1.165) is 0 Å². The lowest BCUT2D eigenvalue weighted by Crippen LogP contribution is -2.42. The van der Waals surface area contributed by atoms with Crippen molar-refractivity contribution >= 4 is 5.84 Å². The van der Waals surface area contributed by atoms with E-state index in [1.165, 1.54) is 6.07 Å². The highest BCUT2D eigenvalue weighted by Crippen LogP contribution is 2.31. The van der Waals surface area contributed by atoms with Crippen molar-refractivity contribution in [2.24, 2.45) is 4.99 Å². The minimum absolute atomic E-state index is 0.193. The average Bonchev–Trinajstić information content (AvgIpc) is 2.63. The van der Waals surface area contributed by atoms with E-state index in [2.05, 4.69) is 10.3 Å². The number of ether oxygens (including phenoxy) is 2. The Morgan fingerprint density at radius 2 is 2.53 bits per heavy atom. The number of aliphatic imine (C=N–C) groups is 1. The summed E-state index contributed by atoms with van der Waals surface area (Å²) in [5.41, 5.74) is 0. The van der Waals surface area contributed by atoms with Crippen LogP contribution in [0.5, 0.6) is 11.5 Å². The van der Waals surface area contributed by atoms with Crippen molar-refractivity contribution in [3.05, 3.63) is 24.2 Å². The maximum atomic E-state index is 7.54. The summed E-state index contributed by atoms with van der Waals surface area (Å²) < 4.78 is 41.3. The molecule has 78 valence electrons. The van der Waals surface area contributed by atoms with Crippen molar-refractivity contribution in [2.75, 3.05) is 19.6 Å². The van der Waals surface area contributed by atoms with E-state index in [4.69, 9.17) is 15.0 Å². The molecule has 0 fully saturated rings. The molecule has 2 aliphatic heterocycles. The second-order valence-corrected chi connectivity index (χ2v) is 3.21. The molecule has 0 radical (unpaired) electrons. The lowest BCUT2D eigenvalue weighted by molar-refractivity contribution is 0.133. The molecular weight excluding hydrogens is 192 g/mol. The Morgan fingerprint density at radius 1 is 1.53 bits per heavy atom. The summed E-state index contributed by atoms with van der Waals surface area (Å²) in [7, 11) is 0. The van der Waals surface area contributed by atoms with Crippen LogP contribution in [0.3, 0.4) is 0 Å². The van der Waals surface area contributed by atoms with E-state index in [1.54, 1.807) is 12.1 Å². The van der Waals surface area contributed by atoms with Gasteiger partial charge in [-0.25, -0.2) is 0 Å². The van der Waals surface area contributed by atoms with Gasteiger partial charge in [-0.2, -0.15) is 0 Å². The number of rotatable bonds is 1. The Kier molecular flexibility index (Phi) is 1.24. The van der Waals surface area contributed by atoms with Gasteiger partial charge in [-0.1, -0.05) is 12.1 Å². The van der Waals surface area contributed by atoms with Crippen LogP contribution in [0.25, 0.3) is 0 Å². The predicted molar refractivity (Wildman–Crippen MR) is 56.7 cm³/mol. The Hall–Kier alpha value is -1.71. The van der Waals surface area contributed by atoms with Crippen LogP contribution in [-0.4, -0.2) is 31.6 Å². The molecule has 0 spiro atoms. The van der Waals surface area contributed by atoms with E-state index in [0.29, 0.717) is 17.5 Å². The molecule has 1 aromatic rings. The van der Waals surface area contributed by atoms with Crippen molar-refractivity contribution in [2.45, 2.75) is 6.10 Å².